The number of rotatable bonds is 5. The lowest BCUT2D eigenvalue weighted by Crippen LogP contribution is -2.22. The molecule has 2 aromatic carbocycles. The first-order chi connectivity index (χ1) is 17.5. The second kappa shape index (κ2) is 10.9. The van der Waals surface area contributed by atoms with Crippen LogP contribution < -0.4 is 5.32 Å². The molecule has 2 atom stereocenters. The van der Waals surface area contributed by atoms with Crippen molar-refractivity contribution in [2.24, 2.45) is 5.92 Å². The summed E-state index contributed by atoms with van der Waals surface area (Å²) in [6.07, 6.45) is 16.8. The van der Waals surface area contributed by atoms with Gasteiger partial charge in [-0.1, -0.05) is 81.8 Å². The van der Waals surface area contributed by atoms with Crippen molar-refractivity contribution >= 4 is 11.9 Å². The summed E-state index contributed by atoms with van der Waals surface area (Å²) >= 11 is 0. The maximum Gasteiger partial charge on any atom is 0.0583 e. The molecule has 2 nitrogen and oxygen atoms in total. The molecule has 0 fully saturated rings. The van der Waals surface area contributed by atoms with Gasteiger partial charge < -0.3 is 10.7 Å². The van der Waals surface area contributed by atoms with Gasteiger partial charge in [0.15, 0.2) is 0 Å². The Kier molecular flexibility index (Phi) is 7.83. The maximum absolute atomic E-state index is 7.26. The van der Waals surface area contributed by atoms with Crippen LogP contribution in [0.25, 0.3) is 16.8 Å². The third kappa shape index (κ3) is 4.54. The van der Waals surface area contributed by atoms with Gasteiger partial charge in [0, 0.05) is 28.8 Å². The van der Waals surface area contributed by atoms with Crippen molar-refractivity contribution in [1.82, 2.24) is 5.32 Å². The molecule has 36 heavy (non-hydrogen) atoms. The van der Waals surface area contributed by atoms with Crippen LogP contribution in [-0.2, 0) is 5.41 Å². The fourth-order valence-corrected chi connectivity index (χ4v) is 6.30. The van der Waals surface area contributed by atoms with Crippen molar-refractivity contribution in [1.29, 1.82) is 5.41 Å². The molecule has 0 amide bonds. The summed E-state index contributed by atoms with van der Waals surface area (Å²) in [5, 5.41) is 11.2. The van der Waals surface area contributed by atoms with Gasteiger partial charge in [-0.2, -0.15) is 0 Å². The molecule has 0 radical (unpaired) electrons. The van der Waals surface area contributed by atoms with Gasteiger partial charge in [0.1, 0.15) is 0 Å². The van der Waals surface area contributed by atoms with Crippen molar-refractivity contribution in [2.45, 2.75) is 78.7 Å². The number of benzene rings is 2. The highest BCUT2D eigenvalue weighted by Gasteiger charge is 2.40. The molecule has 1 heterocycles. The molecule has 2 heteroatoms. The quantitative estimate of drug-likeness (QED) is 0.326. The second-order valence-corrected chi connectivity index (χ2v) is 10.5. The lowest BCUT2D eigenvalue weighted by molar-refractivity contribution is 0.423. The van der Waals surface area contributed by atoms with E-state index in [0.29, 0.717) is 12.0 Å². The molecule has 0 aromatic heterocycles. The zero-order valence-electron chi connectivity index (χ0n) is 22.9. The summed E-state index contributed by atoms with van der Waals surface area (Å²) in [5.74, 6) is 0.481. The van der Waals surface area contributed by atoms with E-state index in [1.165, 1.54) is 75.7 Å². The molecule has 0 saturated heterocycles. The average Bonchev–Trinajstić information content (AvgIpc) is 3.38. The standard InChI is InChI=1S/C32H36N2.C2H6/c1-5-11-21(2)30-27-20-29-25(24-15-6-7-16-28(24)32(29,3)4)19-26(27)31(34-30)23-14-10-13-22(18-23)12-8-9-17-33;1-2/h5-9,11,15-20,23,31,33-34H,10,12-14H2,1-4H3;1-2H3/b9-8-,11-5-,30-21-,33-17?;/t23?,31-;/m0./s1. The lowest BCUT2D eigenvalue weighted by atomic mass is 9.79. The van der Waals surface area contributed by atoms with Crippen LogP contribution in [0.2, 0.25) is 0 Å². The Balaban J connectivity index is 0.00000148. The molecule has 0 bridgehead atoms. The highest BCUT2D eigenvalue weighted by Crippen LogP contribution is 2.53. The normalized spacial score (nSPS) is 22.8. The molecule has 2 aliphatic carbocycles. The molecule has 1 aliphatic heterocycles. The van der Waals surface area contributed by atoms with Crippen LogP contribution in [0.15, 0.2) is 77.9 Å². The minimum absolute atomic E-state index is 0.0117. The van der Waals surface area contributed by atoms with Gasteiger partial charge in [-0.25, -0.2) is 0 Å². The molecule has 188 valence electrons. The molecular weight excluding hydrogens is 436 g/mol. The van der Waals surface area contributed by atoms with Crippen molar-refractivity contribution in [3.8, 4) is 11.1 Å². The van der Waals surface area contributed by atoms with Gasteiger partial charge >= 0.3 is 0 Å². The Hall–Kier alpha value is -3.13. The van der Waals surface area contributed by atoms with Crippen LogP contribution in [0.1, 0.15) is 95.5 Å². The van der Waals surface area contributed by atoms with E-state index in [9.17, 15) is 0 Å². The first-order valence-corrected chi connectivity index (χ1v) is 13.7. The highest BCUT2D eigenvalue weighted by molar-refractivity contribution is 5.86. The minimum atomic E-state index is 0.0117. The van der Waals surface area contributed by atoms with Crippen LogP contribution in [0.4, 0.5) is 0 Å². The SMILES string of the molecule is C/C=C\C(C)=C1/N[C@@H](C2C=C(C/C=C\C=N)CCC2)c2cc3c(cc21)C(C)(C)c1ccccc1-3.CC. The second-order valence-electron chi connectivity index (χ2n) is 10.5. The van der Waals surface area contributed by atoms with E-state index in [4.69, 9.17) is 5.41 Å². The van der Waals surface area contributed by atoms with Crippen LogP contribution in [0, 0.1) is 11.3 Å². The number of nitrogens with one attached hydrogen (secondary N) is 2. The van der Waals surface area contributed by atoms with Crippen LogP contribution >= 0.6 is 0 Å². The Morgan fingerprint density at radius 2 is 1.86 bits per heavy atom. The van der Waals surface area contributed by atoms with E-state index in [0.717, 1.165) is 6.42 Å². The highest BCUT2D eigenvalue weighted by atomic mass is 15.0. The average molecular weight is 479 g/mol. The Labute approximate surface area is 218 Å². The molecule has 0 spiro atoms. The number of fused-ring (bicyclic) bond motifs is 4. The van der Waals surface area contributed by atoms with E-state index >= 15 is 0 Å². The number of allylic oxidation sites excluding steroid dienone is 6. The summed E-state index contributed by atoms with van der Waals surface area (Å²) < 4.78 is 0. The van der Waals surface area contributed by atoms with Gasteiger partial charge in [-0.05, 0) is 91.1 Å². The van der Waals surface area contributed by atoms with Crippen molar-refractivity contribution in [3.63, 3.8) is 0 Å². The van der Waals surface area contributed by atoms with Crippen molar-refractivity contribution < 1.29 is 0 Å². The largest absolute Gasteiger partial charge is 0.377 e. The third-order valence-electron chi connectivity index (χ3n) is 7.99. The van der Waals surface area contributed by atoms with Gasteiger partial charge in [-0.15, -0.1) is 0 Å². The third-order valence-corrected chi connectivity index (χ3v) is 7.99. The lowest BCUT2D eigenvalue weighted by Gasteiger charge is -2.27. The van der Waals surface area contributed by atoms with Crippen molar-refractivity contribution in [3.05, 3.63) is 100 Å². The number of hydrogen-bond donors (Lipinski definition) is 2. The van der Waals surface area contributed by atoms with Crippen LogP contribution in [-0.4, -0.2) is 6.21 Å². The van der Waals surface area contributed by atoms with Gasteiger partial charge in [0.25, 0.3) is 0 Å². The predicted octanol–water partition coefficient (Wildman–Crippen LogP) is 9.29. The van der Waals surface area contributed by atoms with Crippen LogP contribution in [0.3, 0.4) is 0 Å². The Morgan fingerprint density at radius 1 is 1.08 bits per heavy atom. The Bertz CT molecular complexity index is 1250. The monoisotopic (exact) mass is 478 g/mol. The van der Waals surface area contributed by atoms with Gasteiger partial charge in [0.05, 0.1) is 6.04 Å². The smallest absolute Gasteiger partial charge is 0.0583 e. The topological polar surface area (TPSA) is 35.9 Å². The summed E-state index contributed by atoms with van der Waals surface area (Å²) in [7, 11) is 0. The van der Waals surface area contributed by atoms with Crippen molar-refractivity contribution in [2.75, 3.05) is 0 Å². The van der Waals surface area contributed by atoms with E-state index in [1.54, 1.807) is 0 Å². The molecule has 5 rings (SSSR count). The fourth-order valence-electron chi connectivity index (χ4n) is 6.30. The summed E-state index contributed by atoms with van der Waals surface area (Å²) in [6, 6.07) is 14.2. The van der Waals surface area contributed by atoms with E-state index in [-0.39, 0.29) is 5.41 Å². The fraction of sp³-hybridized carbons (Fsp3) is 0.382. The molecule has 2 aromatic rings. The summed E-state index contributed by atoms with van der Waals surface area (Å²) in [6.45, 7) is 13.1. The zero-order valence-corrected chi connectivity index (χ0v) is 22.9. The summed E-state index contributed by atoms with van der Waals surface area (Å²) in [4.78, 5) is 0. The van der Waals surface area contributed by atoms with Crippen LogP contribution in [0.5, 0.6) is 0 Å². The molecule has 2 N–H and O–H groups in total. The molecule has 0 saturated carbocycles. The molecule has 3 aliphatic rings. The first-order valence-electron chi connectivity index (χ1n) is 13.7. The zero-order chi connectivity index (χ0) is 25.9. The summed E-state index contributed by atoms with van der Waals surface area (Å²) in [5.41, 5.74) is 12.6. The predicted molar refractivity (Wildman–Crippen MR) is 157 cm³/mol. The van der Waals surface area contributed by atoms with Gasteiger partial charge in [-0.3, -0.25) is 0 Å². The maximum atomic E-state index is 7.26. The van der Waals surface area contributed by atoms with E-state index < -0.39 is 0 Å². The van der Waals surface area contributed by atoms with Gasteiger partial charge in [0.2, 0.25) is 0 Å². The first kappa shape index (κ1) is 25.9. The van der Waals surface area contributed by atoms with E-state index in [1.807, 2.05) is 19.9 Å². The Morgan fingerprint density at radius 3 is 2.61 bits per heavy atom. The van der Waals surface area contributed by atoms with E-state index in [2.05, 4.69) is 93.7 Å². The number of hydrogen-bond acceptors (Lipinski definition) is 2. The molecular formula is C34H42N2. The molecule has 1 unspecified atom stereocenters. The minimum Gasteiger partial charge on any atom is -0.377 e.